The molecule has 0 aromatic rings. The maximum absolute atomic E-state index is 12.2. The summed E-state index contributed by atoms with van der Waals surface area (Å²) in [7, 11) is 0. The number of hydrogen-bond donors (Lipinski definition) is 2. The van der Waals surface area contributed by atoms with Crippen LogP contribution in [0.15, 0.2) is 0 Å². The molecule has 0 saturated carbocycles. The van der Waals surface area contributed by atoms with Crippen LogP contribution in [0.25, 0.3) is 0 Å². The van der Waals surface area contributed by atoms with E-state index in [4.69, 9.17) is 4.74 Å². The fourth-order valence-electron chi connectivity index (χ4n) is 2.25. The van der Waals surface area contributed by atoms with E-state index in [1.54, 1.807) is 0 Å². The van der Waals surface area contributed by atoms with Crippen LogP contribution in [0, 0.1) is 11.3 Å². The molecule has 1 fully saturated rings. The Labute approximate surface area is 106 Å². The minimum atomic E-state index is -2.46. The lowest BCUT2D eigenvalue weighted by Gasteiger charge is -2.31. The van der Waals surface area contributed by atoms with E-state index in [1.807, 2.05) is 13.8 Å². The van der Waals surface area contributed by atoms with Crippen LogP contribution < -0.4 is 10.6 Å². The first-order chi connectivity index (χ1) is 8.49. The SMILES string of the molecule is CC(C)C1(C(=O)NCCOCC(F)F)CCNC1. The van der Waals surface area contributed by atoms with Gasteiger partial charge in [-0.15, -0.1) is 0 Å². The molecule has 1 heterocycles. The highest BCUT2D eigenvalue weighted by atomic mass is 19.3. The number of ether oxygens (including phenoxy) is 1. The van der Waals surface area contributed by atoms with Crippen molar-refractivity contribution in [1.82, 2.24) is 10.6 Å². The average molecular weight is 264 g/mol. The van der Waals surface area contributed by atoms with Gasteiger partial charge < -0.3 is 15.4 Å². The first-order valence-electron chi connectivity index (χ1n) is 6.34. The summed E-state index contributed by atoms with van der Waals surface area (Å²) in [4.78, 5) is 12.2. The number of hydrogen-bond acceptors (Lipinski definition) is 3. The van der Waals surface area contributed by atoms with Crippen LogP contribution in [0.5, 0.6) is 0 Å². The molecule has 0 aliphatic carbocycles. The minimum Gasteiger partial charge on any atom is -0.374 e. The summed E-state index contributed by atoms with van der Waals surface area (Å²) < 4.78 is 28.3. The summed E-state index contributed by atoms with van der Waals surface area (Å²) in [5.74, 6) is 0.234. The Hall–Kier alpha value is -0.750. The highest BCUT2D eigenvalue weighted by molar-refractivity contribution is 5.83. The Kier molecular flexibility index (Phi) is 5.95. The Bertz CT molecular complexity index is 267. The third kappa shape index (κ3) is 3.88. The van der Waals surface area contributed by atoms with Gasteiger partial charge in [0.25, 0.3) is 6.43 Å². The normalized spacial score (nSPS) is 23.9. The van der Waals surface area contributed by atoms with E-state index in [1.165, 1.54) is 0 Å². The molecular weight excluding hydrogens is 242 g/mol. The van der Waals surface area contributed by atoms with Gasteiger partial charge in [-0.05, 0) is 18.9 Å². The zero-order valence-electron chi connectivity index (χ0n) is 11.0. The number of carbonyl (C=O) groups excluding carboxylic acids is 1. The van der Waals surface area contributed by atoms with E-state index >= 15 is 0 Å². The fraction of sp³-hybridized carbons (Fsp3) is 0.917. The molecule has 0 bridgehead atoms. The second kappa shape index (κ2) is 6.99. The van der Waals surface area contributed by atoms with Crippen LogP contribution in [0.3, 0.4) is 0 Å². The van der Waals surface area contributed by atoms with Crippen LogP contribution in [-0.2, 0) is 9.53 Å². The quantitative estimate of drug-likeness (QED) is 0.675. The van der Waals surface area contributed by atoms with Crippen LogP contribution in [0.4, 0.5) is 8.78 Å². The number of halogens is 2. The zero-order valence-corrected chi connectivity index (χ0v) is 11.0. The van der Waals surface area contributed by atoms with E-state index in [2.05, 4.69) is 10.6 Å². The molecule has 0 aromatic heterocycles. The van der Waals surface area contributed by atoms with Gasteiger partial charge in [0.05, 0.1) is 12.0 Å². The van der Waals surface area contributed by atoms with E-state index < -0.39 is 13.0 Å². The third-order valence-corrected chi connectivity index (χ3v) is 3.52. The number of amides is 1. The monoisotopic (exact) mass is 264 g/mol. The second-order valence-corrected chi connectivity index (χ2v) is 4.96. The molecule has 6 heteroatoms. The maximum atomic E-state index is 12.2. The molecule has 1 saturated heterocycles. The van der Waals surface area contributed by atoms with Gasteiger partial charge in [0, 0.05) is 13.1 Å². The summed E-state index contributed by atoms with van der Waals surface area (Å²) in [6, 6.07) is 0. The molecule has 1 aliphatic rings. The standard InChI is InChI=1S/C12H22F2N2O2/c1-9(2)12(3-4-15-8-12)11(17)16-5-6-18-7-10(13)14/h9-10,15H,3-8H2,1-2H3,(H,16,17). The summed E-state index contributed by atoms with van der Waals surface area (Å²) >= 11 is 0. The van der Waals surface area contributed by atoms with Gasteiger partial charge in [-0.3, -0.25) is 4.79 Å². The molecule has 1 atom stereocenters. The van der Waals surface area contributed by atoms with Gasteiger partial charge in [-0.25, -0.2) is 8.78 Å². The van der Waals surface area contributed by atoms with Crippen LogP contribution in [0.2, 0.25) is 0 Å². The lowest BCUT2D eigenvalue weighted by Crippen LogP contribution is -2.46. The Morgan fingerprint density at radius 3 is 2.72 bits per heavy atom. The maximum Gasteiger partial charge on any atom is 0.261 e. The smallest absolute Gasteiger partial charge is 0.261 e. The van der Waals surface area contributed by atoms with Gasteiger partial charge in [-0.1, -0.05) is 13.8 Å². The first-order valence-corrected chi connectivity index (χ1v) is 6.34. The van der Waals surface area contributed by atoms with Crippen molar-refractivity contribution < 1.29 is 18.3 Å². The molecular formula is C12H22F2N2O2. The van der Waals surface area contributed by atoms with Gasteiger partial charge in [0.2, 0.25) is 5.91 Å². The number of rotatable bonds is 7. The van der Waals surface area contributed by atoms with Gasteiger partial charge >= 0.3 is 0 Å². The van der Waals surface area contributed by atoms with Crippen molar-refractivity contribution in [1.29, 1.82) is 0 Å². The lowest BCUT2D eigenvalue weighted by molar-refractivity contribution is -0.132. The molecule has 18 heavy (non-hydrogen) atoms. The lowest BCUT2D eigenvalue weighted by atomic mass is 9.75. The van der Waals surface area contributed by atoms with E-state index in [9.17, 15) is 13.6 Å². The number of alkyl halides is 2. The topological polar surface area (TPSA) is 50.4 Å². The second-order valence-electron chi connectivity index (χ2n) is 4.96. The van der Waals surface area contributed by atoms with Crippen LogP contribution >= 0.6 is 0 Å². The molecule has 1 aliphatic heterocycles. The minimum absolute atomic E-state index is 0.0110. The van der Waals surface area contributed by atoms with Crippen molar-refractivity contribution in [2.75, 3.05) is 32.8 Å². The van der Waals surface area contributed by atoms with Crippen molar-refractivity contribution in [3.05, 3.63) is 0 Å². The highest BCUT2D eigenvalue weighted by Crippen LogP contribution is 2.34. The summed E-state index contributed by atoms with van der Waals surface area (Å²) in [5.41, 5.74) is -0.372. The molecule has 4 nitrogen and oxygen atoms in total. The summed E-state index contributed by atoms with van der Waals surface area (Å²) in [5, 5.41) is 5.97. The fourth-order valence-corrected chi connectivity index (χ4v) is 2.25. The van der Waals surface area contributed by atoms with Crippen molar-refractivity contribution in [3.63, 3.8) is 0 Å². The molecule has 0 aromatic carbocycles. The van der Waals surface area contributed by atoms with Gasteiger partial charge in [0.15, 0.2) is 0 Å². The van der Waals surface area contributed by atoms with E-state index in [0.29, 0.717) is 6.54 Å². The Morgan fingerprint density at radius 2 is 2.22 bits per heavy atom. The van der Waals surface area contributed by atoms with Crippen molar-refractivity contribution in [3.8, 4) is 0 Å². The molecule has 0 radical (unpaired) electrons. The molecule has 1 unspecified atom stereocenters. The van der Waals surface area contributed by atoms with Crippen LogP contribution in [-0.4, -0.2) is 45.2 Å². The van der Waals surface area contributed by atoms with Gasteiger partial charge in [0.1, 0.15) is 6.61 Å². The van der Waals surface area contributed by atoms with E-state index in [-0.39, 0.29) is 30.4 Å². The number of carbonyl (C=O) groups is 1. The Morgan fingerprint density at radius 1 is 1.50 bits per heavy atom. The first kappa shape index (κ1) is 15.3. The van der Waals surface area contributed by atoms with Gasteiger partial charge in [-0.2, -0.15) is 0 Å². The number of nitrogens with one attached hydrogen (secondary N) is 2. The molecule has 2 N–H and O–H groups in total. The molecule has 1 amide bonds. The predicted octanol–water partition coefficient (Wildman–Crippen LogP) is 1.02. The summed E-state index contributed by atoms with van der Waals surface area (Å²) in [6.07, 6.45) is -1.64. The van der Waals surface area contributed by atoms with Crippen LogP contribution in [0.1, 0.15) is 20.3 Å². The molecule has 106 valence electrons. The third-order valence-electron chi connectivity index (χ3n) is 3.52. The van der Waals surface area contributed by atoms with Crippen molar-refractivity contribution >= 4 is 5.91 Å². The highest BCUT2D eigenvalue weighted by Gasteiger charge is 2.43. The van der Waals surface area contributed by atoms with Crippen molar-refractivity contribution in [2.24, 2.45) is 11.3 Å². The zero-order chi connectivity index (χ0) is 13.6. The Balaban J connectivity index is 2.30. The van der Waals surface area contributed by atoms with E-state index in [0.717, 1.165) is 13.0 Å². The predicted molar refractivity (Wildman–Crippen MR) is 64.6 cm³/mol. The molecule has 0 spiro atoms. The summed E-state index contributed by atoms with van der Waals surface area (Å²) in [6.45, 7) is 5.39. The average Bonchev–Trinajstić information content (AvgIpc) is 2.78. The van der Waals surface area contributed by atoms with Crippen molar-refractivity contribution in [2.45, 2.75) is 26.7 Å². The largest absolute Gasteiger partial charge is 0.374 e. The molecule has 1 rings (SSSR count).